The van der Waals surface area contributed by atoms with Gasteiger partial charge in [-0.25, -0.2) is 0 Å². The lowest BCUT2D eigenvalue weighted by atomic mass is 9.86. The van der Waals surface area contributed by atoms with Gasteiger partial charge >= 0.3 is 0 Å². The Balaban J connectivity index is 3.55. The Morgan fingerprint density at radius 2 is 2.00 bits per heavy atom. The summed E-state index contributed by atoms with van der Waals surface area (Å²) in [6.07, 6.45) is 4.50. The fourth-order valence-electron chi connectivity index (χ4n) is 1.44. The van der Waals surface area contributed by atoms with Crippen molar-refractivity contribution in [1.82, 2.24) is 5.32 Å². The van der Waals surface area contributed by atoms with Crippen LogP contribution in [-0.2, 0) is 10.8 Å². The number of nitrogens with zero attached hydrogens (tertiary/aromatic N) is 1. The van der Waals surface area contributed by atoms with E-state index in [1.54, 1.807) is 6.26 Å². The largest absolute Gasteiger partial charge is 0.409 e. The van der Waals surface area contributed by atoms with Crippen LogP contribution in [0.5, 0.6) is 0 Å². The molecule has 0 bridgehead atoms. The Kier molecular flexibility index (Phi) is 8.16. The van der Waals surface area contributed by atoms with Gasteiger partial charge in [0.1, 0.15) is 5.84 Å². The van der Waals surface area contributed by atoms with Gasteiger partial charge in [0.25, 0.3) is 0 Å². The average molecular weight is 263 g/mol. The van der Waals surface area contributed by atoms with Gasteiger partial charge in [0.2, 0.25) is 0 Å². The molecule has 0 saturated heterocycles. The van der Waals surface area contributed by atoms with Gasteiger partial charge in [-0.05, 0) is 32.4 Å². The highest BCUT2D eigenvalue weighted by Crippen LogP contribution is 2.21. The van der Waals surface area contributed by atoms with Crippen molar-refractivity contribution >= 4 is 16.6 Å². The molecule has 0 aromatic rings. The highest BCUT2D eigenvalue weighted by molar-refractivity contribution is 7.84. The van der Waals surface area contributed by atoms with E-state index in [-0.39, 0.29) is 11.3 Å². The van der Waals surface area contributed by atoms with E-state index in [9.17, 15) is 4.21 Å². The first kappa shape index (κ1) is 16.4. The van der Waals surface area contributed by atoms with Gasteiger partial charge in [0.05, 0.1) is 0 Å². The fourth-order valence-corrected chi connectivity index (χ4v) is 2.00. The summed E-state index contributed by atoms with van der Waals surface area (Å²) in [6.45, 7) is 5.71. The molecule has 0 amide bonds. The second kappa shape index (κ2) is 8.47. The third-order valence-corrected chi connectivity index (χ3v) is 3.61. The molecule has 102 valence electrons. The van der Waals surface area contributed by atoms with Gasteiger partial charge in [-0.2, -0.15) is 0 Å². The summed E-state index contributed by atoms with van der Waals surface area (Å²) in [6, 6.07) is 0. The maximum Gasteiger partial charge on any atom is 0.144 e. The van der Waals surface area contributed by atoms with Crippen molar-refractivity contribution in [3.8, 4) is 0 Å². The molecule has 0 fully saturated rings. The van der Waals surface area contributed by atoms with Crippen LogP contribution in [0, 0.1) is 5.41 Å². The average Bonchev–Trinajstić information content (AvgIpc) is 2.26. The number of hydrogen-bond donors (Lipinski definition) is 3. The summed E-state index contributed by atoms with van der Waals surface area (Å²) in [4.78, 5) is 0. The van der Waals surface area contributed by atoms with Crippen LogP contribution in [0.4, 0.5) is 0 Å². The first-order valence-corrected chi connectivity index (χ1v) is 7.61. The highest BCUT2D eigenvalue weighted by atomic mass is 32.2. The predicted molar refractivity (Wildman–Crippen MR) is 72.8 cm³/mol. The molecule has 6 heteroatoms. The topological polar surface area (TPSA) is 87.7 Å². The summed E-state index contributed by atoms with van der Waals surface area (Å²) < 4.78 is 10.8. The molecule has 0 saturated carbocycles. The molecule has 0 aliphatic carbocycles. The molecule has 0 spiro atoms. The van der Waals surface area contributed by atoms with Crippen LogP contribution in [0.25, 0.3) is 0 Å². The predicted octanol–water partition coefficient (Wildman–Crippen LogP) is 0.897. The minimum Gasteiger partial charge on any atom is -0.409 e. The van der Waals surface area contributed by atoms with Crippen LogP contribution >= 0.6 is 0 Å². The third kappa shape index (κ3) is 8.15. The van der Waals surface area contributed by atoms with E-state index in [0.29, 0.717) is 0 Å². The summed E-state index contributed by atoms with van der Waals surface area (Å²) in [5, 5.41) is 15.0. The van der Waals surface area contributed by atoms with E-state index in [2.05, 4.69) is 10.5 Å². The minimum atomic E-state index is -0.694. The lowest BCUT2D eigenvalue weighted by Gasteiger charge is -2.22. The number of rotatable bonds is 9. The number of oxime groups is 1. The number of hydrogen-bond acceptors (Lipinski definition) is 4. The molecule has 0 aromatic carbocycles. The summed E-state index contributed by atoms with van der Waals surface area (Å²) in [5.41, 5.74) is 5.33. The van der Waals surface area contributed by atoms with Crippen molar-refractivity contribution in [3.05, 3.63) is 0 Å². The Morgan fingerprint density at radius 3 is 2.53 bits per heavy atom. The quantitative estimate of drug-likeness (QED) is 0.190. The number of nitrogens with one attached hydrogen (secondary N) is 1. The fraction of sp³-hybridized carbons (Fsp3) is 0.909. The second-order valence-electron chi connectivity index (χ2n) is 4.85. The molecule has 1 unspecified atom stereocenters. The molecule has 4 N–H and O–H groups in total. The lowest BCUT2D eigenvalue weighted by molar-refractivity contribution is 0.304. The zero-order valence-electron chi connectivity index (χ0n) is 11.0. The van der Waals surface area contributed by atoms with Crippen molar-refractivity contribution in [2.45, 2.75) is 33.1 Å². The van der Waals surface area contributed by atoms with Crippen molar-refractivity contribution < 1.29 is 9.42 Å². The maximum atomic E-state index is 10.8. The van der Waals surface area contributed by atoms with Crippen LogP contribution in [0.15, 0.2) is 5.16 Å². The van der Waals surface area contributed by atoms with Gasteiger partial charge in [0, 0.05) is 28.2 Å². The first-order valence-electron chi connectivity index (χ1n) is 5.89. The standard InChI is InChI=1S/C11H25N3O2S/c1-11(2,10(12)14-15)6-4-7-13-8-5-9-17(3)16/h13,15H,4-9H2,1-3H3,(H2,12,14). The van der Waals surface area contributed by atoms with E-state index in [1.165, 1.54) is 0 Å². The Labute approximate surface area is 106 Å². The minimum absolute atomic E-state index is 0.263. The Bertz CT molecular complexity index is 267. The molecule has 5 nitrogen and oxygen atoms in total. The maximum absolute atomic E-state index is 10.8. The molecular formula is C11H25N3O2S. The summed E-state index contributed by atoms with van der Waals surface area (Å²) >= 11 is 0. The van der Waals surface area contributed by atoms with E-state index >= 15 is 0 Å². The summed E-state index contributed by atoms with van der Waals surface area (Å²) in [5.74, 6) is 1.03. The van der Waals surface area contributed by atoms with E-state index < -0.39 is 10.8 Å². The number of nitrogens with two attached hydrogens (primary N) is 1. The molecular weight excluding hydrogens is 238 g/mol. The normalized spacial score (nSPS) is 14.9. The van der Waals surface area contributed by atoms with Crippen molar-refractivity contribution in [1.29, 1.82) is 0 Å². The molecule has 0 aliphatic rings. The number of amidine groups is 1. The monoisotopic (exact) mass is 263 g/mol. The Hall–Kier alpha value is -0.620. The molecule has 0 aliphatic heterocycles. The SMILES string of the molecule is CS(=O)CCCNCCCC(C)(C)C(N)=NO. The molecule has 0 aromatic heterocycles. The van der Waals surface area contributed by atoms with Gasteiger partial charge in [-0.3, -0.25) is 4.21 Å². The van der Waals surface area contributed by atoms with Crippen LogP contribution in [0.1, 0.15) is 33.1 Å². The van der Waals surface area contributed by atoms with Gasteiger partial charge in [-0.15, -0.1) is 0 Å². The van der Waals surface area contributed by atoms with Gasteiger partial charge in [-0.1, -0.05) is 19.0 Å². The van der Waals surface area contributed by atoms with Crippen molar-refractivity contribution in [3.63, 3.8) is 0 Å². The molecule has 0 radical (unpaired) electrons. The van der Waals surface area contributed by atoms with Crippen LogP contribution in [0.2, 0.25) is 0 Å². The second-order valence-corrected chi connectivity index (χ2v) is 6.41. The van der Waals surface area contributed by atoms with Crippen LogP contribution < -0.4 is 11.1 Å². The molecule has 1 atom stereocenters. The third-order valence-electron chi connectivity index (χ3n) is 2.74. The van der Waals surface area contributed by atoms with Crippen LogP contribution in [-0.4, -0.2) is 40.3 Å². The van der Waals surface area contributed by atoms with Crippen molar-refractivity contribution in [2.24, 2.45) is 16.3 Å². The van der Waals surface area contributed by atoms with Crippen molar-refractivity contribution in [2.75, 3.05) is 25.1 Å². The first-order chi connectivity index (χ1) is 7.90. The molecule has 0 heterocycles. The van der Waals surface area contributed by atoms with E-state index in [0.717, 1.165) is 38.1 Å². The summed E-state index contributed by atoms with van der Waals surface area (Å²) in [7, 11) is -0.694. The molecule has 0 rings (SSSR count). The highest BCUT2D eigenvalue weighted by Gasteiger charge is 2.22. The Morgan fingerprint density at radius 1 is 1.41 bits per heavy atom. The van der Waals surface area contributed by atoms with Gasteiger partial charge < -0.3 is 16.3 Å². The lowest BCUT2D eigenvalue weighted by Crippen LogP contribution is -2.32. The zero-order valence-corrected chi connectivity index (χ0v) is 11.8. The smallest absolute Gasteiger partial charge is 0.144 e. The van der Waals surface area contributed by atoms with Crippen LogP contribution in [0.3, 0.4) is 0 Å². The van der Waals surface area contributed by atoms with E-state index in [4.69, 9.17) is 10.9 Å². The van der Waals surface area contributed by atoms with E-state index in [1.807, 2.05) is 13.8 Å². The van der Waals surface area contributed by atoms with Gasteiger partial charge in [0.15, 0.2) is 0 Å². The zero-order chi connectivity index (χ0) is 13.3. The molecule has 17 heavy (non-hydrogen) atoms.